The second kappa shape index (κ2) is 17.8. The van der Waals surface area contributed by atoms with Gasteiger partial charge in [0.15, 0.2) is 11.6 Å². The van der Waals surface area contributed by atoms with Crippen LogP contribution >= 0.6 is 0 Å². The number of hydrogen-bond acceptors (Lipinski definition) is 5. The highest BCUT2D eigenvalue weighted by Crippen LogP contribution is 2.45. The maximum atomic E-state index is 5.37. The van der Waals surface area contributed by atoms with Crippen molar-refractivity contribution < 1.29 is 0 Å². The van der Waals surface area contributed by atoms with E-state index in [1.165, 1.54) is 61.4 Å². The van der Waals surface area contributed by atoms with Crippen LogP contribution in [0.25, 0.3) is 55.8 Å². The van der Waals surface area contributed by atoms with E-state index < -0.39 is 0 Å². The lowest BCUT2D eigenvalue weighted by Gasteiger charge is -2.32. The monoisotopic (exact) mass is 853 g/mol. The second-order valence-corrected chi connectivity index (χ2v) is 17.3. The molecule has 0 radical (unpaired) electrons. The number of rotatable bonds is 10. The molecule has 320 valence electrons. The van der Waals surface area contributed by atoms with E-state index in [2.05, 4.69) is 233 Å². The van der Waals surface area contributed by atoms with Crippen LogP contribution in [0.2, 0.25) is 0 Å². The molecule has 0 saturated carbocycles. The van der Waals surface area contributed by atoms with Crippen molar-refractivity contribution in [3.8, 4) is 45.0 Å². The summed E-state index contributed by atoms with van der Waals surface area (Å²) in [7, 11) is 0. The Hall–Kier alpha value is -8.15. The molecule has 0 aliphatic rings. The van der Waals surface area contributed by atoms with E-state index in [9.17, 15) is 0 Å². The van der Waals surface area contributed by atoms with Gasteiger partial charge in [0.1, 0.15) is 0 Å². The SMILES string of the molecule is Cc1cc(C)c(N(c2ccc(N(c3nc(-c4ccccc4)nc(-c4ccc(-c5ccccc5-c5ccccc5)cc4)n3)c3cccc4ccccc34)cc2)c2c(C)cc(C)cc2C)c(C)c1. The first-order chi connectivity index (χ1) is 32.2. The number of fused-ring (bicyclic) bond motifs is 1. The summed E-state index contributed by atoms with van der Waals surface area (Å²) in [4.78, 5) is 20.5. The average Bonchev–Trinajstić information content (AvgIpc) is 3.34. The summed E-state index contributed by atoms with van der Waals surface area (Å²) in [6.07, 6.45) is 0. The van der Waals surface area contributed by atoms with E-state index in [0.717, 1.165) is 44.5 Å². The Bertz CT molecular complexity index is 3250. The van der Waals surface area contributed by atoms with Crippen molar-refractivity contribution in [3.05, 3.63) is 234 Å². The van der Waals surface area contributed by atoms with Crippen LogP contribution in [0.3, 0.4) is 0 Å². The van der Waals surface area contributed by atoms with Crippen LogP contribution in [0.5, 0.6) is 0 Å². The summed E-state index contributed by atoms with van der Waals surface area (Å²) >= 11 is 0. The molecule has 0 bridgehead atoms. The van der Waals surface area contributed by atoms with E-state index in [4.69, 9.17) is 15.0 Å². The van der Waals surface area contributed by atoms with Gasteiger partial charge in [-0.25, -0.2) is 4.98 Å². The van der Waals surface area contributed by atoms with Gasteiger partial charge in [-0.1, -0.05) is 181 Å². The molecule has 0 saturated heterocycles. The number of hydrogen-bond donors (Lipinski definition) is 0. The predicted octanol–water partition coefficient (Wildman–Crippen LogP) is 16.5. The molecule has 1 aromatic heterocycles. The zero-order chi connectivity index (χ0) is 45.3. The topological polar surface area (TPSA) is 45.2 Å². The molecular formula is C61H51N5. The third-order valence-corrected chi connectivity index (χ3v) is 12.4. The fourth-order valence-corrected chi connectivity index (χ4v) is 9.65. The molecule has 5 heteroatoms. The minimum atomic E-state index is 0.522. The fourth-order valence-electron chi connectivity index (χ4n) is 9.65. The Kier molecular flexibility index (Phi) is 11.3. The number of aromatic nitrogens is 3. The molecule has 5 nitrogen and oxygen atoms in total. The lowest BCUT2D eigenvalue weighted by atomic mass is 9.94. The average molecular weight is 854 g/mol. The molecular weight excluding hydrogens is 803 g/mol. The summed E-state index contributed by atoms with van der Waals surface area (Å²) in [5.74, 6) is 1.71. The van der Waals surface area contributed by atoms with Gasteiger partial charge in [0.2, 0.25) is 5.95 Å². The third kappa shape index (κ3) is 8.12. The summed E-state index contributed by atoms with van der Waals surface area (Å²) < 4.78 is 0. The van der Waals surface area contributed by atoms with Gasteiger partial charge in [0.05, 0.1) is 17.1 Å². The predicted molar refractivity (Wildman–Crippen MR) is 277 cm³/mol. The Morgan fingerprint density at radius 2 is 0.742 bits per heavy atom. The van der Waals surface area contributed by atoms with Crippen LogP contribution in [0.15, 0.2) is 200 Å². The van der Waals surface area contributed by atoms with Gasteiger partial charge in [-0.05, 0) is 122 Å². The van der Waals surface area contributed by atoms with Gasteiger partial charge >= 0.3 is 0 Å². The lowest BCUT2D eigenvalue weighted by molar-refractivity contribution is 1.02. The zero-order valence-corrected chi connectivity index (χ0v) is 38.3. The molecule has 0 unspecified atom stereocenters. The number of anilines is 6. The number of nitrogens with zero attached hydrogens (tertiary/aromatic N) is 5. The molecule has 66 heavy (non-hydrogen) atoms. The number of benzene rings is 9. The van der Waals surface area contributed by atoms with Crippen molar-refractivity contribution in [2.24, 2.45) is 0 Å². The van der Waals surface area contributed by atoms with Crippen LogP contribution in [-0.4, -0.2) is 15.0 Å². The van der Waals surface area contributed by atoms with Crippen molar-refractivity contribution in [2.75, 3.05) is 9.80 Å². The first-order valence-electron chi connectivity index (χ1n) is 22.6. The minimum absolute atomic E-state index is 0.522. The number of aryl methyl sites for hydroxylation is 6. The van der Waals surface area contributed by atoms with Crippen LogP contribution in [-0.2, 0) is 0 Å². The highest BCUT2D eigenvalue weighted by molar-refractivity contribution is 5.98. The van der Waals surface area contributed by atoms with Gasteiger partial charge in [-0.15, -0.1) is 0 Å². The fraction of sp³-hybridized carbons (Fsp3) is 0.0984. The molecule has 0 fully saturated rings. The molecule has 0 amide bonds. The van der Waals surface area contributed by atoms with Crippen molar-refractivity contribution in [1.29, 1.82) is 0 Å². The largest absolute Gasteiger partial charge is 0.309 e. The van der Waals surface area contributed by atoms with E-state index in [-0.39, 0.29) is 0 Å². The molecule has 9 aromatic carbocycles. The first kappa shape index (κ1) is 41.8. The Balaban J connectivity index is 1.14. The molecule has 1 heterocycles. The summed E-state index contributed by atoms with van der Waals surface area (Å²) in [5.41, 5.74) is 19.2. The van der Waals surface area contributed by atoms with Crippen molar-refractivity contribution in [1.82, 2.24) is 15.0 Å². The Morgan fingerprint density at radius 1 is 0.333 bits per heavy atom. The molecule has 0 N–H and O–H groups in total. The van der Waals surface area contributed by atoms with E-state index in [1.807, 2.05) is 18.2 Å². The smallest absolute Gasteiger partial charge is 0.238 e. The molecule has 0 aliphatic heterocycles. The maximum absolute atomic E-state index is 5.37. The Labute approximate surface area is 388 Å². The van der Waals surface area contributed by atoms with E-state index in [1.54, 1.807) is 0 Å². The summed E-state index contributed by atoms with van der Waals surface area (Å²) in [5, 5.41) is 2.22. The molecule has 0 spiro atoms. The highest BCUT2D eigenvalue weighted by Gasteiger charge is 2.25. The van der Waals surface area contributed by atoms with Crippen LogP contribution in [0.1, 0.15) is 33.4 Å². The van der Waals surface area contributed by atoms with E-state index in [0.29, 0.717) is 17.6 Å². The van der Waals surface area contributed by atoms with Gasteiger partial charge in [-0.3, -0.25) is 4.90 Å². The third-order valence-electron chi connectivity index (χ3n) is 12.4. The minimum Gasteiger partial charge on any atom is -0.309 e. The van der Waals surface area contributed by atoms with Crippen LogP contribution in [0, 0.1) is 41.5 Å². The maximum Gasteiger partial charge on any atom is 0.238 e. The van der Waals surface area contributed by atoms with Crippen molar-refractivity contribution in [2.45, 2.75) is 41.5 Å². The Morgan fingerprint density at radius 3 is 1.29 bits per heavy atom. The van der Waals surface area contributed by atoms with Crippen LogP contribution in [0.4, 0.5) is 34.4 Å². The normalized spacial score (nSPS) is 11.2. The van der Waals surface area contributed by atoms with Gasteiger partial charge in [0, 0.05) is 27.9 Å². The zero-order valence-electron chi connectivity index (χ0n) is 38.3. The van der Waals surface area contributed by atoms with E-state index >= 15 is 0 Å². The first-order valence-corrected chi connectivity index (χ1v) is 22.6. The lowest BCUT2D eigenvalue weighted by Crippen LogP contribution is -2.17. The van der Waals surface area contributed by atoms with Gasteiger partial charge in [-0.2, -0.15) is 9.97 Å². The molecule has 0 aliphatic carbocycles. The second-order valence-electron chi connectivity index (χ2n) is 17.3. The standard InChI is InChI=1S/C61H51N5/c1-40-36-42(3)57(43(4)37-40)66(58-44(5)38-41(2)39-45(58)6)52-34-32-51(33-35-52)65(56-27-17-23-47-20-13-14-26-55(47)56)61-63-59(49-21-11-8-12-22-49)62-60(64-61)50-30-28-48(29-31-50)54-25-16-15-24-53(54)46-18-9-7-10-19-46/h7-39H,1-6H3. The molecule has 0 atom stereocenters. The van der Waals surface area contributed by atoms with Crippen molar-refractivity contribution >= 4 is 45.2 Å². The molecule has 10 rings (SSSR count). The van der Waals surface area contributed by atoms with Crippen LogP contribution < -0.4 is 9.80 Å². The quantitative estimate of drug-likeness (QED) is 0.137. The van der Waals surface area contributed by atoms with Gasteiger partial charge in [0.25, 0.3) is 0 Å². The van der Waals surface area contributed by atoms with Gasteiger partial charge < -0.3 is 4.90 Å². The van der Waals surface area contributed by atoms with Crippen molar-refractivity contribution in [3.63, 3.8) is 0 Å². The highest BCUT2D eigenvalue weighted by atomic mass is 15.3. The molecule has 10 aromatic rings. The summed E-state index contributed by atoms with van der Waals surface area (Å²) in [6, 6.07) is 70.8. The summed E-state index contributed by atoms with van der Waals surface area (Å²) in [6.45, 7) is 13.2.